The number of nitrogens with zero attached hydrogens (tertiary/aromatic N) is 4. The molecule has 138 valence electrons. The number of rotatable bonds is 3. The van der Waals surface area contributed by atoms with E-state index in [1.165, 1.54) is 12.1 Å². The highest BCUT2D eigenvalue weighted by Gasteiger charge is 2.23. The molecular weight excluding hydrogens is 343 g/mol. The highest BCUT2D eigenvalue weighted by molar-refractivity contribution is 5.79. The fourth-order valence-electron chi connectivity index (χ4n) is 3.43. The number of benzene rings is 2. The number of aryl methyl sites for hydroxylation is 1. The Kier molecular flexibility index (Phi) is 4.71. The maximum Gasteiger partial charge on any atom is 0.227 e. The van der Waals surface area contributed by atoms with Gasteiger partial charge in [0, 0.05) is 26.2 Å². The van der Waals surface area contributed by atoms with Gasteiger partial charge < -0.3 is 9.80 Å². The lowest BCUT2D eigenvalue weighted by Crippen LogP contribution is -2.49. The summed E-state index contributed by atoms with van der Waals surface area (Å²) in [4.78, 5) is 26.0. The van der Waals surface area contributed by atoms with Crippen LogP contribution in [0.4, 0.5) is 10.2 Å². The lowest BCUT2D eigenvalue weighted by molar-refractivity contribution is -0.130. The van der Waals surface area contributed by atoms with Crippen molar-refractivity contribution in [2.75, 3.05) is 31.1 Å². The molecule has 0 saturated carbocycles. The number of hydrogen-bond donors (Lipinski definition) is 0. The summed E-state index contributed by atoms with van der Waals surface area (Å²) in [5, 5.41) is 0. The third kappa shape index (κ3) is 3.74. The van der Waals surface area contributed by atoms with E-state index in [4.69, 9.17) is 4.98 Å². The number of fused-ring (bicyclic) bond motifs is 1. The molecule has 0 N–H and O–H groups in total. The van der Waals surface area contributed by atoms with Crippen LogP contribution in [-0.4, -0.2) is 47.0 Å². The molecule has 2 heterocycles. The lowest BCUT2D eigenvalue weighted by Gasteiger charge is -2.36. The first-order chi connectivity index (χ1) is 13.1. The maximum atomic E-state index is 13.0. The van der Waals surface area contributed by atoms with Gasteiger partial charge in [-0.05, 0) is 36.8 Å². The van der Waals surface area contributed by atoms with Crippen molar-refractivity contribution in [1.29, 1.82) is 0 Å². The Balaban J connectivity index is 1.42. The number of carbonyl (C=O) groups excluding carboxylic acids is 1. The van der Waals surface area contributed by atoms with Crippen molar-refractivity contribution in [3.8, 4) is 0 Å². The van der Waals surface area contributed by atoms with E-state index in [1.54, 1.807) is 12.1 Å². The fourth-order valence-corrected chi connectivity index (χ4v) is 3.43. The molecule has 1 fully saturated rings. The van der Waals surface area contributed by atoms with Crippen molar-refractivity contribution in [2.24, 2.45) is 0 Å². The van der Waals surface area contributed by atoms with Crippen molar-refractivity contribution < 1.29 is 9.18 Å². The van der Waals surface area contributed by atoms with E-state index in [1.807, 2.05) is 36.1 Å². The summed E-state index contributed by atoms with van der Waals surface area (Å²) in [6.45, 7) is 4.72. The normalized spacial score (nSPS) is 14.6. The molecule has 1 saturated heterocycles. The van der Waals surface area contributed by atoms with E-state index in [-0.39, 0.29) is 11.7 Å². The van der Waals surface area contributed by atoms with E-state index >= 15 is 0 Å². The van der Waals surface area contributed by atoms with Gasteiger partial charge >= 0.3 is 0 Å². The summed E-state index contributed by atoms with van der Waals surface area (Å²) < 4.78 is 13.0. The van der Waals surface area contributed by atoms with E-state index in [2.05, 4.69) is 9.88 Å². The third-order valence-electron chi connectivity index (χ3n) is 4.92. The SMILES string of the molecule is Cc1nc2ccccc2nc1N1CCN(C(=O)Cc2ccc(F)cc2)CC1. The Hall–Kier alpha value is -3.02. The second-order valence-corrected chi connectivity index (χ2v) is 6.79. The molecular formula is C21H21FN4O. The Morgan fingerprint density at radius 3 is 2.26 bits per heavy atom. The molecule has 4 rings (SSSR count). The van der Waals surface area contributed by atoms with E-state index in [0.717, 1.165) is 41.2 Å². The molecule has 3 aromatic rings. The quantitative estimate of drug-likeness (QED) is 0.717. The Morgan fingerprint density at radius 1 is 0.963 bits per heavy atom. The van der Waals surface area contributed by atoms with Gasteiger partial charge in [-0.15, -0.1) is 0 Å². The van der Waals surface area contributed by atoms with Gasteiger partial charge in [0.05, 0.1) is 23.1 Å². The second-order valence-electron chi connectivity index (χ2n) is 6.79. The summed E-state index contributed by atoms with van der Waals surface area (Å²) >= 11 is 0. The molecule has 27 heavy (non-hydrogen) atoms. The van der Waals surface area contributed by atoms with Crippen LogP contribution in [0.2, 0.25) is 0 Å². The van der Waals surface area contributed by atoms with Crippen LogP contribution in [0.1, 0.15) is 11.3 Å². The number of piperazine rings is 1. The number of aromatic nitrogens is 2. The monoisotopic (exact) mass is 364 g/mol. The average Bonchev–Trinajstić information content (AvgIpc) is 2.69. The Labute approximate surface area is 157 Å². The van der Waals surface area contributed by atoms with Gasteiger partial charge in [-0.1, -0.05) is 24.3 Å². The summed E-state index contributed by atoms with van der Waals surface area (Å²) in [6.07, 6.45) is 0.301. The van der Waals surface area contributed by atoms with Crippen LogP contribution in [0.5, 0.6) is 0 Å². The van der Waals surface area contributed by atoms with Crippen LogP contribution in [0, 0.1) is 12.7 Å². The number of carbonyl (C=O) groups is 1. The van der Waals surface area contributed by atoms with Gasteiger partial charge in [0.25, 0.3) is 0 Å². The van der Waals surface area contributed by atoms with Crippen molar-refractivity contribution in [1.82, 2.24) is 14.9 Å². The van der Waals surface area contributed by atoms with E-state index in [9.17, 15) is 9.18 Å². The van der Waals surface area contributed by atoms with Gasteiger partial charge in [-0.25, -0.2) is 14.4 Å². The van der Waals surface area contributed by atoms with Crippen LogP contribution >= 0.6 is 0 Å². The molecule has 0 radical (unpaired) electrons. The van der Waals surface area contributed by atoms with Crippen molar-refractivity contribution in [3.05, 3.63) is 65.6 Å². The number of halogens is 1. The molecule has 1 amide bonds. The molecule has 0 atom stereocenters. The Morgan fingerprint density at radius 2 is 1.59 bits per heavy atom. The van der Waals surface area contributed by atoms with Crippen LogP contribution in [-0.2, 0) is 11.2 Å². The standard InChI is InChI=1S/C21H21FN4O/c1-15-21(24-19-5-3-2-4-18(19)23-15)26-12-10-25(11-13-26)20(27)14-16-6-8-17(22)9-7-16/h2-9H,10-14H2,1H3. The Bertz CT molecular complexity index is 966. The van der Waals surface area contributed by atoms with Crippen LogP contribution in [0.25, 0.3) is 11.0 Å². The highest BCUT2D eigenvalue weighted by Crippen LogP contribution is 2.21. The van der Waals surface area contributed by atoms with Gasteiger partial charge in [0.1, 0.15) is 5.82 Å². The fraction of sp³-hybridized carbons (Fsp3) is 0.286. The molecule has 1 aromatic heterocycles. The van der Waals surface area contributed by atoms with E-state index < -0.39 is 0 Å². The van der Waals surface area contributed by atoms with Crippen molar-refractivity contribution in [2.45, 2.75) is 13.3 Å². The summed E-state index contributed by atoms with van der Waals surface area (Å²) in [7, 11) is 0. The zero-order valence-corrected chi connectivity index (χ0v) is 15.2. The number of anilines is 1. The minimum atomic E-state index is -0.285. The van der Waals surface area contributed by atoms with Gasteiger partial charge in [0.15, 0.2) is 5.82 Å². The maximum absolute atomic E-state index is 13.0. The molecule has 1 aliphatic rings. The summed E-state index contributed by atoms with van der Waals surface area (Å²) in [6, 6.07) is 14.0. The molecule has 0 spiro atoms. The van der Waals surface area contributed by atoms with Crippen LogP contribution in [0.15, 0.2) is 48.5 Å². The zero-order chi connectivity index (χ0) is 18.8. The molecule has 5 nitrogen and oxygen atoms in total. The second kappa shape index (κ2) is 7.31. The predicted octanol–water partition coefficient (Wildman–Crippen LogP) is 2.97. The molecule has 0 unspecified atom stereocenters. The van der Waals surface area contributed by atoms with Gasteiger partial charge in [-0.3, -0.25) is 4.79 Å². The zero-order valence-electron chi connectivity index (χ0n) is 15.2. The molecule has 0 bridgehead atoms. The summed E-state index contributed by atoms with van der Waals surface area (Å²) in [5.41, 5.74) is 3.51. The van der Waals surface area contributed by atoms with Gasteiger partial charge in [0.2, 0.25) is 5.91 Å². The molecule has 0 aliphatic carbocycles. The topological polar surface area (TPSA) is 49.3 Å². The third-order valence-corrected chi connectivity index (χ3v) is 4.92. The van der Waals surface area contributed by atoms with Crippen molar-refractivity contribution in [3.63, 3.8) is 0 Å². The summed E-state index contributed by atoms with van der Waals surface area (Å²) in [5.74, 6) is 0.675. The first-order valence-electron chi connectivity index (χ1n) is 9.11. The highest BCUT2D eigenvalue weighted by atomic mass is 19.1. The van der Waals surface area contributed by atoms with Crippen LogP contribution in [0.3, 0.4) is 0 Å². The number of para-hydroxylation sites is 2. The molecule has 6 heteroatoms. The van der Waals surface area contributed by atoms with E-state index in [0.29, 0.717) is 19.5 Å². The molecule has 1 aliphatic heterocycles. The average molecular weight is 364 g/mol. The lowest BCUT2D eigenvalue weighted by atomic mass is 10.1. The number of amides is 1. The first-order valence-corrected chi connectivity index (χ1v) is 9.11. The van der Waals surface area contributed by atoms with Crippen molar-refractivity contribution >= 4 is 22.8 Å². The minimum Gasteiger partial charge on any atom is -0.352 e. The van der Waals surface area contributed by atoms with Gasteiger partial charge in [-0.2, -0.15) is 0 Å². The smallest absolute Gasteiger partial charge is 0.227 e. The molecule has 2 aromatic carbocycles. The van der Waals surface area contributed by atoms with Crippen LogP contribution < -0.4 is 4.90 Å². The predicted molar refractivity (Wildman–Crippen MR) is 103 cm³/mol. The minimum absolute atomic E-state index is 0.0718. The largest absolute Gasteiger partial charge is 0.352 e. The number of hydrogen-bond acceptors (Lipinski definition) is 4. The first kappa shape index (κ1) is 17.4.